The Morgan fingerprint density at radius 3 is 1.12 bits per heavy atom. The molecule has 9 rings (SSSR count). The van der Waals surface area contributed by atoms with Crippen LogP contribution in [0.3, 0.4) is 0 Å². The van der Waals surface area contributed by atoms with Crippen LogP contribution < -0.4 is 21.3 Å². The molecule has 0 spiro atoms. The molecule has 0 aromatic heterocycles. The van der Waals surface area contributed by atoms with Gasteiger partial charge in [0.25, 0.3) is 17.7 Å². The van der Waals surface area contributed by atoms with E-state index in [1.54, 1.807) is 48.5 Å². The van der Waals surface area contributed by atoms with Crippen LogP contribution in [0.4, 0.5) is 22.7 Å². The van der Waals surface area contributed by atoms with E-state index < -0.39 is 5.41 Å². The number of hydrogen-bond acceptors (Lipinski definition) is 5. The van der Waals surface area contributed by atoms with E-state index in [9.17, 15) is 19.2 Å². The zero-order chi connectivity index (χ0) is 45.2. The lowest BCUT2D eigenvalue weighted by molar-refractivity contribution is 0.100. The third-order valence-electron chi connectivity index (χ3n) is 12.4. The molecule has 1 aliphatic rings. The van der Waals surface area contributed by atoms with Crippen molar-refractivity contribution in [1.29, 1.82) is 0 Å². The Balaban J connectivity index is 0.861. The first-order valence-corrected chi connectivity index (χ1v) is 21.5. The van der Waals surface area contributed by atoms with E-state index in [1.807, 2.05) is 69.4 Å². The van der Waals surface area contributed by atoms with Gasteiger partial charge in [0.1, 0.15) is 0 Å². The fourth-order valence-corrected chi connectivity index (χ4v) is 9.04. The van der Waals surface area contributed by atoms with Crippen LogP contribution >= 0.6 is 0 Å². The van der Waals surface area contributed by atoms with Gasteiger partial charge in [-0.1, -0.05) is 97.1 Å². The summed E-state index contributed by atoms with van der Waals surface area (Å²) in [5.74, 6) is -0.893. The second kappa shape index (κ2) is 17.4. The predicted octanol–water partition coefficient (Wildman–Crippen LogP) is 12.3. The van der Waals surface area contributed by atoms with Crippen molar-refractivity contribution in [3.05, 3.63) is 238 Å². The highest BCUT2D eigenvalue weighted by Gasteiger charge is 2.45. The molecule has 0 atom stereocenters. The molecule has 65 heavy (non-hydrogen) atoms. The van der Waals surface area contributed by atoms with Crippen LogP contribution in [0.1, 0.15) is 81.7 Å². The third-order valence-corrected chi connectivity index (χ3v) is 12.4. The Kier molecular flexibility index (Phi) is 11.2. The monoisotopic (exact) mass is 850 g/mol. The molecule has 0 saturated carbocycles. The lowest BCUT2D eigenvalue weighted by atomic mass is 9.67. The maximum Gasteiger partial charge on any atom is 0.255 e. The summed E-state index contributed by atoms with van der Waals surface area (Å²) in [6, 6.07) is 58.6. The summed E-state index contributed by atoms with van der Waals surface area (Å²) in [7, 11) is 1.92. The molecule has 4 N–H and O–H groups in total. The fraction of sp³-hybridized carbons (Fsp3) is 0.0877. The minimum Gasteiger partial charge on any atom is -0.388 e. The van der Waals surface area contributed by atoms with Gasteiger partial charge in [-0.05, 0) is 161 Å². The number of anilines is 4. The first kappa shape index (κ1) is 42.0. The zero-order valence-electron chi connectivity index (χ0n) is 36.5. The lowest BCUT2D eigenvalue weighted by Crippen LogP contribution is -2.28. The van der Waals surface area contributed by atoms with Gasteiger partial charge in [-0.3, -0.25) is 19.2 Å². The number of ketones is 1. The van der Waals surface area contributed by atoms with E-state index in [4.69, 9.17) is 0 Å². The highest BCUT2D eigenvalue weighted by Crippen LogP contribution is 2.56. The first-order valence-electron chi connectivity index (χ1n) is 21.5. The fourth-order valence-electron chi connectivity index (χ4n) is 9.04. The van der Waals surface area contributed by atoms with Crippen LogP contribution in [-0.2, 0) is 5.41 Å². The zero-order valence-corrected chi connectivity index (χ0v) is 36.5. The van der Waals surface area contributed by atoms with Gasteiger partial charge in [-0.2, -0.15) is 0 Å². The van der Waals surface area contributed by atoms with E-state index >= 15 is 0 Å². The van der Waals surface area contributed by atoms with Crippen molar-refractivity contribution in [3.63, 3.8) is 0 Å². The quantitative estimate of drug-likeness (QED) is 0.0967. The maximum absolute atomic E-state index is 13.5. The van der Waals surface area contributed by atoms with Gasteiger partial charge in [0.05, 0.1) is 5.41 Å². The topological polar surface area (TPSA) is 116 Å². The Hall–Kier alpha value is -8.36. The molecular weight excluding hydrogens is 805 g/mol. The summed E-state index contributed by atoms with van der Waals surface area (Å²) >= 11 is 0. The minimum atomic E-state index is -0.554. The van der Waals surface area contributed by atoms with Gasteiger partial charge in [0.2, 0.25) is 0 Å². The van der Waals surface area contributed by atoms with Crippen molar-refractivity contribution >= 4 is 46.3 Å². The number of nitrogens with one attached hydrogen (secondary N) is 4. The molecule has 0 heterocycles. The van der Waals surface area contributed by atoms with Gasteiger partial charge in [0.15, 0.2) is 5.78 Å². The molecule has 3 amide bonds. The minimum absolute atomic E-state index is 0.0547. The number of fused-ring (bicyclic) bond motifs is 3. The highest BCUT2D eigenvalue weighted by molar-refractivity contribution is 6.08. The van der Waals surface area contributed by atoms with Crippen LogP contribution in [-0.4, -0.2) is 30.6 Å². The first-order chi connectivity index (χ1) is 31.5. The van der Waals surface area contributed by atoms with Crippen LogP contribution in [0, 0.1) is 13.8 Å². The number of aryl methyl sites for hydroxylation is 2. The lowest BCUT2D eigenvalue weighted by Gasteiger charge is -2.34. The number of amides is 3. The van der Waals surface area contributed by atoms with E-state index in [-0.39, 0.29) is 23.5 Å². The molecule has 1 aliphatic carbocycles. The third kappa shape index (κ3) is 7.98. The molecule has 318 valence electrons. The van der Waals surface area contributed by atoms with Gasteiger partial charge < -0.3 is 21.3 Å². The Morgan fingerprint density at radius 2 is 0.738 bits per heavy atom. The van der Waals surface area contributed by atoms with Gasteiger partial charge >= 0.3 is 0 Å². The molecule has 8 aromatic carbocycles. The molecular formula is C57H46N4O4. The van der Waals surface area contributed by atoms with Crippen LogP contribution in [0.2, 0.25) is 0 Å². The summed E-state index contributed by atoms with van der Waals surface area (Å²) in [5, 5.41) is 12.2. The summed E-state index contributed by atoms with van der Waals surface area (Å²) < 4.78 is 0. The number of hydrogen-bond donors (Lipinski definition) is 4. The Bertz CT molecular complexity index is 3090. The van der Waals surface area contributed by atoms with Gasteiger partial charge in [-0.15, -0.1) is 0 Å². The largest absolute Gasteiger partial charge is 0.388 e. The van der Waals surface area contributed by atoms with Crippen molar-refractivity contribution in [3.8, 4) is 22.3 Å². The van der Waals surface area contributed by atoms with E-state index in [2.05, 4.69) is 106 Å². The van der Waals surface area contributed by atoms with Crippen LogP contribution in [0.15, 0.2) is 182 Å². The average Bonchev–Trinajstić information content (AvgIpc) is 3.63. The van der Waals surface area contributed by atoms with Crippen LogP contribution in [0.5, 0.6) is 0 Å². The van der Waals surface area contributed by atoms with Gasteiger partial charge in [-0.25, -0.2) is 0 Å². The number of benzene rings is 8. The van der Waals surface area contributed by atoms with Crippen molar-refractivity contribution in [2.24, 2.45) is 0 Å². The molecule has 0 unspecified atom stereocenters. The normalized spacial score (nSPS) is 12.1. The van der Waals surface area contributed by atoms with Crippen molar-refractivity contribution in [2.45, 2.75) is 26.2 Å². The number of Topliss-reactive ketones (excluding diaryl/α,β-unsaturated/α-hetero) is 1. The van der Waals surface area contributed by atoms with Crippen molar-refractivity contribution in [2.75, 3.05) is 28.3 Å². The predicted molar refractivity (Wildman–Crippen MR) is 261 cm³/mol. The SMILES string of the molecule is CNc1ccc(C2(c3ccc(NC(=O)c4ccc(C(=O)Nc5ccc(-c6ccc(NC(=O)c7ccc(C(C)=O)cc7)cc6C)c(C)c5)cc4)cc3)c3ccccc3-c3ccccc32)cc1. The Morgan fingerprint density at radius 1 is 0.385 bits per heavy atom. The van der Waals surface area contributed by atoms with E-state index in [1.165, 1.54) is 29.2 Å². The number of carbonyl (C=O) groups excluding carboxylic acids is 4. The number of rotatable bonds is 11. The van der Waals surface area contributed by atoms with E-state index in [0.717, 1.165) is 39.1 Å². The standard InChI is InChI=1S/C57H46N4O4/c1-35-33-46(60-55(64)39-15-13-38(14-16-39)37(3)62)29-31-48(35)49-32-30-47(34-36(49)2)61-56(65)41-19-17-40(18-20-41)54(63)59-45-27-23-43(24-28-45)57(42-21-25-44(58-4)26-22-42)52-11-7-5-9-50(52)51-10-6-8-12-53(51)57/h5-34,58H,1-4H3,(H,59,63)(H,60,64)(H,61,65). The van der Waals surface area contributed by atoms with Crippen molar-refractivity contribution in [1.82, 2.24) is 0 Å². The molecule has 8 aromatic rings. The molecule has 8 heteroatoms. The molecule has 8 nitrogen and oxygen atoms in total. The van der Waals surface area contributed by atoms with Crippen LogP contribution in [0.25, 0.3) is 22.3 Å². The smallest absolute Gasteiger partial charge is 0.255 e. The molecule has 0 saturated heterocycles. The summed E-state index contributed by atoms with van der Waals surface area (Å²) in [6.45, 7) is 5.46. The van der Waals surface area contributed by atoms with Gasteiger partial charge in [0, 0.05) is 52.1 Å². The summed E-state index contributed by atoms with van der Waals surface area (Å²) in [5.41, 5.74) is 15.3. The molecule has 0 fully saturated rings. The maximum atomic E-state index is 13.5. The highest BCUT2D eigenvalue weighted by atomic mass is 16.2. The molecule has 0 aliphatic heterocycles. The van der Waals surface area contributed by atoms with Crippen molar-refractivity contribution < 1.29 is 19.2 Å². The second-order valence-corrected chi connectivity index (χ2v) is 16.4. The Labute approximate surface area is 378 Å². The molecule has 0 bridgehead atoms. The number of carbonyl (C=O) groups is 4. The summed E-state index contributed by atoms with van der Waals surface area (Å²) in [6.07, 6.45) is 0. The molecule has 0 radical (unpaired) electrons. The average molecular weight is 851 g/mol. The summed E-state index contributed by atoms with van der Waals surface area (Å²) in [4.78, 5) is 51.4. The van der Waals surface area contributed by atoms with E-state index in [0.29, 0.717) is 39.3 Å². The second-order valence-electron chi connectivity index (χ2n) is 16.4.